The molecule has 1 aliphatic heterocycles. The fourth-order valence-corrected chi connectivity index (χ4v) is 2.88. The van der Waals surface area contributed by atoms with Crippen LogP contribution in [0.2, 0.25) is 5.02 Å². The molecule has 1 aromatic rings. The second kappa shape index (κ2) is 6.87. The van der Waals surface area contributed by atoms with Crippen LogP contribution in [0.1, 0.15) is 38.5 Å². The summed E-state index contributed by atoms with van der Waals surface area (Å²) < 4.78 is 7.80. The first-order valence-corrected chi connectivity index (χ1v) is 7.49. The number of ether oxygens (including phenoxy) is 1. The smallest absolute Gasteiger partial charge is 0.0925 e. The van der Waals surface area contributed by atoms with E-state index in [1.165, 1.54) is 0 Å². The molecular weight excluding hydrogens is 278 g/mol. The zero-order valence-corrected chi connectivity index (χ0v) is 13.1. The molecule has 0 radical (unpaired) electrons. The van der Waals surface area contributed by atoms with Gasteiger partial charge in [-0.05, 0) is 20.4 Å². The van der Waals surface area contributed by atoms with Crippen LogP contribution in [0.25, 0.3) is 0 Å². The molecular formula is C13H24ClN5O. The Labute approximate surface area is 125 Å². The number of nitrogens with one attached hydrogen (secondary N) is 1. The number of hydrogen-bond donors (Lipinski definition) is 2. The van der Waals surface area contributed by atoms with Crippen molar-refractivity contribution in [3.8, 4) is 0 Å². The van der Waals surface area contributed by atoms with Gasteiger partial charge in [-0.1, -0.05) is 18.5 Å². The standard InChI is InChI=1S/C13H24ClN5O/c1-4-18-5-6-20-11(8-18)12(17-15)13-10(14)7-16-19(13)9(2)3/h7,9,11-12,17H,4-6,8,15H2,1-3H3. The van der Waals surface area contributed by atoms with E-state index in [4.69, 9.17) is 22.2 Å². The van der Waals surface area contributed by atoms with E-state index in [0.29, 0.717) is 11.6 Å². The maximum atomic E-state index is 6.30. The second-order valence-electron chi connectivity index (χ2n) is 5.36. The predicted molar refractivity (Wildman–Crippen MR) is 79.5 cm³/mol. The minimum atomic E-state index is -0.165. The average Bonchev–Trinajstić information content (AvgIpc) is 2.82. The number of nitrogens with two attached hydrogens (primary N) is 1. The molecule has 1 fully saturated rings. The Morgan fingerprint density at radius 3 is 2.95 bits per heavy atom. The van der Waals surface area contributed by atoms with Gasteiger partial charge in [-0.15, -0.1) is 0 Å². The van der Waals surface area contributed by atoms with Crippen molar-refractivity contribution in [1.82, 2.24) is 20.1 Å². The lowest BCUT2D eigenvalue weighted by molar-refractivity contribution is -0.0471. The van der Waals surface area contributed by atoms with Crippen LogP contribution in [0.4, 0.5) is 0 Å². The zero-order chi connectivity index (χ0) is 14.7. The van der Waals surface area contributed by atoms with E-state index < -0.39 is 0 Å². The number of likely N-dealkylation sites (N-methyl/N-ethyl adjacent to an activating group) is 1. The monoisotopic (exact) mass is 301 g/mol. The molecule has 7 heteroatoms. The van der Waals surface area contributed by atoms with Gasteiger partial charge in [-0.2, -0.15) is 5.10 Å². The molecule has 2 heterocycles. The largest absolute Gasteiger partial charge is 0.373 e. The summed E-state index contributed by atoms with van der Waals surface area (Å²) in [5, 5.41) is 4.96. The molecule has 3 N–H and O–H groups in total. The van der Waals surface area contributed by atoms with E-state index in [2.05, 4.69) is 36.2 Å². The molecule has 0 saturated carbocycles. The summed E-state index contributed by atoms with van der Waals surface area (Å²) in [5.74, 6) is 5.77. The van der Waals surface area contributed by atoms with Gasteiger partial charge in [0.25, 0.3) is 0 Å². The Hall–Kier alpha value is -0.660. The van der Waals surface area contributed by atoms with Gasteiger partial charge in [0.2, 0.25) is 0 Å². The number of hydrazine groups is 1. The quantitative estimate of drug-likeness (QED) is 0.634. The van der Waals surface area contributed by atoms with Crippen molar-refractivity contribution in [2.24, 2.45) is 5.84 Å². The SMILES string of the molecule is CCN1CCOC(C(NN)c2c(Cl)cnn2C(C)C)C1. The minimum absolute atomic E-state index is 0.0274. The number of rotatable bonds is 5. The molecule has 114 valence electrons. The lowest BCUT2D eigenvalue weighted by Gasteiger charge is -2.36. The van der Waals surface area contributed by atoms with Gasteiger partial charge in [0, 0.05) is 19.1 Å². The van der Waals surface area contributed by atoms with Gasteiger partial charge < -0.3 is 4.74 Å². The van der Waals surface area contributed by atoms with Crippen LogP contribution in [0.5, 0.6) is 0 Å². The Morgan fingerprint density at radius 1 is 1.60 bits per heavy atom. The lowest BCUT2D eigenvalue weighted by atomic mass is 10.1. The predicted octanol–water partition coefficient (Wildman–Crippen LogP) is 1.34. The summed E-state index contributed by atoms with van der Waals surface area (Å²) in [6.07, 6.45) is 1.64. The molecule has 20 heavy (non-hydrogen) atoms. The summed E-state index contributed by atoms with van der Waals surface area (Å²) in [4.78, 5) is 2.35. The van der Waals surface area contributed by atoms with Crippen LogP contribution in [0.3, 0.4) is 0 Å². The highest BCUT2D eigenvalue weighted by Crippen LogP contribution is 2.29. The highest BCUT2D eigenvalue weighted by Gasteiger charge is 2.32. The van der Waals surface area contributed by atoms with Crippen LogP contribution in [-0.4, -0.2) is 47.0 Å². The molecule has 1 aliphatic rings. The molecule has 0 aliphatic carbocycles. The fourth-order valence-electron chi connectivity index (χ4n) is 2.64. The number of hydrogen-bond acceptors (Lipinski definition) is 5. The molecule has 2 atom stereocenters. The van der Waals surface area contributed by atoms with Crippen LogP contribution in [0.15, 0.2) is 6.20 Å². The first-order chi connectivity index (χ1) is 9.58. The van der Waals surface area contributed by atoms with Crippen LogP contribution < -0.4 is 11.3 Å². The number of nitrogens with zero attached hydrogens (tertiary/aromatic N) is 3. The van der Waals surface area contributed by atoms with E-state index in [-0.39, 0.29) is 18.2 Å². The molecule has 6 nitrogen and oxygen atoms in total. The van der Waals surface area contributed by atoms with Crippen molar-refractivity contribution >= 4 is 11.6 Å². The molecule has 0 amide bonds. The van der Waals surface area contributed by atoms with Crippen molar-refractivity contribution in [3.63, 3.8) is 0 Å². The van der Waals surface area contributed by atoms with Crippen molar-refractivity contribution in [1.29, 1.82) is 0 Å². The number of morpholine rings is 1. The zero-order valence-electron chi connectivity index (χ0n) is 12.3. The van der Waals surface area contributed by atoms with Gasteiger partial charge >= 0.3 is 0 Å². The highest BCUT2D eigenvalue weighted by atomic mass is 35.5. The maximum absolute atomic E-state index is 6.30. The number of halogens is 1. The fraction of sp³-hybridized carbons (Fsp3) is 0.769. The molecule has 0 spiro atoms. The summed E-state index contributed by atoms with van der Waals surface area (Å²) in [7, 11) is 0. The van der Waals surface area contributed by atoms with Crippen LogP contribution in [-0.2, 0) is 4.74 Å². The first kappa shape index (κ1) is 15.7. The summed E-state index contributed by atoms with van der Waals surface area (Å²) >= 11 is 6.30. The molecule has 0 aromatic carbocycles. The van der Waals surface area contributed by atoms with E-state index in [9.17, 15) is 0 Å². The molecule has 2 unspecified atom stereocenters. The van der Waals surface area contributed by atoms with Crippen molar-refractivity contribution < 1.29 is 4.74 Å². The lowest BCUT2D eigenvalue weighted by Crippen LogP contribution is -2.50. The molecule has 0 bridgehead atoms. The first-order valence-electron chi connectivity index (χ1n) is 7.11. The molecule has 2 rings (SSSR count). The Balaban J connectivity index is 2.25. The van der Waals surface area contributed by atoms with Crippen LogP contribution in [0, 0.1) is 0 Å². The third-order valence-corrected chi connectivity index (χ3v) is 4.04. The van der Waals surface area contributed by atoms with Crippen LogP contribution >= 0.6 is 11.6 Å². The van der Waals surface area contributed by atoms with Crippen molar-refractivity contribution in [3.05, 3.63) is 16.9 Å². The Bertz CT molecular complexity index is 436. The van der Waals surface area contributed by atoms with Gasteiger partial charge in [-0.3, -0.25) is 15.4 Å². The third kappa shape index (κ3) is 3.15. The minimum Gasteiger partial charge on any atom is -0.373 e. The van der Waals surface area contributed by atoms with Crippen molar-refractivity contribution in [2.45, 2.75) is 39.0 Å². The highest BCUT2D eigenvalue weighted by molar-refractivity contribution is 6.31. The Kier molecular flexibility index (Phi) is 5.40. The molecule has 1 saturated heterocycles. The topological polar surface area (TPSA) is 68.3 Å². The third-order valence-electron chi connectivity index (χ3n) is 3.75. The maximum Gasteiger partial charge on any atom is 0.0925 e. The molecule has 1 aromatic heterocycles. The van der Waals surface area contributed by atoms with E-state index in [1.54, 1.807) is 6.20 Å². The Morgan fingerprint density at radius 2 is 2.35 bits per heavy atom. The summed E-state index contributed by atoms with van der Waals surface area (Å²) in [5.41, 5.74) is 3.75. The van der Waals surface area contributed by atoms with Gasteiger partial charge in [0.1, 0.15) is 0 Å². The van der Waals surface area contributed by atoms with Crippen molar-refractivity contribution in [2.75, 3.05) is 26.2 Å². The van der Waals surface area contributed by atoms with E-state index >= 15 is 0 Å². The van der Waals surface area contributed by atoms with E-state index in [0.717, 1.165) is 25.3 Å². The average molecular weight is 302 g/mol. The summed E-state index contributed by atoms with van der Waals surface area (Å²) in [6.45, 7) is 9.81. The normalized spacial score (nSPS) is 22.4. The van der Waals surface area contributed by atoms with Gasteiger partial charge in [0.15, 0.2) is 0 Å². The van der Waals surface area contributed by atoms with Gasteiger partial charge in [-0.25, -0.2) is 5.43 Å². The number of aromatic nitrogens is 2. The van der Waals surface area contributed by atoms with Gasteiger partial charge in [0.05, 0.1) is 35.7 Å². The summed E-state index contributed by atoms with van der Waals surface area (Å²) in [6, 6.07) is 0.0565. The van der Waals surface area contributed by atoms with E-state index in [1.807, 2.05) is 4.68 Å². The second-order valence-corrected chi connectivity index (χ2v) is 5.77.